The number of aryl methyl sites for hydroxylation is 1. The molecule has 0 radical (unpaired) electrons. The lowest BCUT2D eigenvalue weighted by atomic mass is 9.32. The normalized spacial score (nSPS) is 12.7. The van der Waals surface area contributed by atoms with Gasteiger partial charge >= 0.3 is 0 Å². The molecule has 0 fully saturated rings. The maximum absolute atomic E-state index is 2.53. The average molecular weight is 702 g/mol. The summed E-state index contributed by atoms with van der Waals surface area (Å²) < 4.78 is 0. The van der Waals surface area contributed by atoms with Crippen LogP contribution in [0.1, 0.15) is 5.56 Å². The monoisotopic (exact) mass is 701 g/mol. The second-order valence-corrected chi connectivity index (χ2v) is 14.6. The number of hydrogen-bond donors (Lipinski definition) is 0. The summed E-state index contributed by atoms with van der Waals surface area (Å²) in [5, 5.41) is 5.00. The van der Waals surface area contributed by atoms with E-state index in [1.54, 1.807) is 0 Å². The predicted octanol–water partition coefficient (Wildman–Crippen LogP) is 11.9. The molecule has 0 aliphatic carbocycles. The van der Waals surface area contributed by atoms with E-state index in [-0.39, 0.29) is 6.71 Å². The number of para-hydroxylation sites is 4. The van der Waals surface area contributed by atoms with E-state index in [9.17, 15) is 0 Å². The Morgan fingerprint density at radius 3 is 1.44 bits per heavy atom. The maximum atomic E-state index is 2.53. The minimum Gasteiger partial charge on any atom is -0.311 e. The molecule has 0 unspecified atom stereocenters. The standard InChI is InChI=1S/C51H36BN3/c1-35-32-46-51-47(33-35)55(40-25-12-5-13-26-40)48-34-45(53(37-19-6-2-7-20-37)38-21-8-3-9-22-38)42-28-16-17-29-43(42)50(48)52(51)49-41-27-15-14-18-36(41)30-31-44(49)54(46)39-23-10-4-11-24-39/h2-34H,1H3. The van der Waals surface area contributed by atoms with Crippen molar-refractivity contribution in [1.29, 1.82) is 0 Å². The molecule has 0 bridgehead atoms. The van der Waals surface area contributed by atoms with Gasteiger partial charge in [-0.2, -0.15) is 0 Å². The number of anilines is 9. The van der Waals surface area contributed by atoms with Gasteiger partial charge in [-0.05, 0) is 118 Å². The largest absolute Gasteiger partial charge is 0.311 e. The average Bonchev–Trinajstić information content (AvgIpc) is 3.24. The van der Waals surface area contributed by atoms with Crippen LogP contribution < -0.4 is 31.1 Å². The molecule has 2 aliphatic rings. The number of rotatable bonds is 5. The van der Waals surface area contributed by atoms with Crippen molar-refractivity contribution >= 4 is 95.8 Å². The number of hydrogen-bond acceptors (Lipinski definition) is 3. The SMILES string of the molecule is Cc1cc2c3c(c1)N(c1ccccc1)c1cc(N(c4ccccc4)c4ccccc4)c4ccccc4c1B3c1c(ccc3ccccc13)N2c1ccccc1. The Morgan fingerprint density at radius 2 is 0.836 bits per heavy atom. The van der Waals surface area contributed by atoms with Gasteiger partial charge in [-0.25, -0.2) is 0 Å². The van der Waals surface area contributed by atoms with Crippen molar-refractivity contribution in [3.8, 4) is 0 Å². The molecule has 0 spiro atoms. The van der Waals surface area contributed by atoms with Gasteiger partial charge in [0.2, 0.25) is 0 Å². The zero-order valence-corrected chi connectivity index (χ0v) is 30.5. The fourth-order valence-corrected chi connectivity index (χ4v) is 9.23. The van der Waals surface area contributed by atoms with Gasteiger partial charge < -0.3 is 14.7 Å². The van der Waals surface area contributed by atoms with Gasteiger partial charge in [-0.1, -0.05) is 127 Å². The zero-order chi connectivity index (χ0) is 36.5. The Hall–Kier alpha value is -7.04. The molecule has 9 aromatic carbocycles. The number of benzene rings is 9. The summed E-state index contributed by atoms with van der Waals surface area (Å²) in [5.74, 6) is 0. The molecular formula is C51H36BN3. The van der Waals surface area contributed by atoms with Crippen LogP contribution in [0, 0.1) is 6.92 Å². The summed E-state index contributed by atoms with van der Waals surface area (Å²) in [6, 6.07) is 73.3. The fraction of sp³-hybridized carbons (Fsp3) is 0.0196. The summed E-state index contributed by atoms with van der Waals surface area (Å²) >= 11 is 0. The quantitative estimate of drug-likeness (QED) is 0.165. The second kappa shape index (κ2) is 12.5. The van der Waals surface area contributed by atoms with E-state index < -0.39 is 0 Å². The van der Waals surface area contributed by atoms with Crippen LogP contribution >= 0.6 is 0 Å². The highest BCUT2D eigenvalue weighted by Gasteiger charge is 2.45. The van der Waals surface area contributed by atoms with Crippen LogP contribution in [0.3, 0.4) is 0 Å². The van der Waals surface area contributed by atoms with Gasteiger partial charge in [0.1, 0.15) is 0 Å². The second-order valence-electron chi connectivity index (χ2n) is 14.6. The molecule has 0 saturated carbocycles. The van der Waals surface area contributed by atoms with E-state index in [2.05, 4.69) is 222 Å². The van der Waals surface area contributed by atoms with Gasteiger partial charge in [-0.3, -0.25) is 0 Å². The lowest BCUT2D eigenvalue weighted by Gasteiger charge is -2.45. The first-order valence-corrected chi connectivity index (χ1v) is 19.1. The van der Waals surface area contributed by atoms with E-state index in [1.165, 1.54) is 66.2 Å². The maximum Gasteiger partial charge on any atom is 0.253 e. The summed E-state index contributed by atoms with van der Waals surface area (Å²) in [6.07, 6.45) is 0. The Bertz CT molecular complexity index is 2860. The van der Waals surface area contributed by atoms with Gasteiger partial charge in [0.25, 0.3) is 6.71 Å². The predicted molar refractivity (Wildman–Crippen MR) is 235 cm³/mol. The molecule has 0 saturated heterocycles. The molecule has 2 heterocycles. The van der Waals surface area contributed by atoms with Crippen LogP contribution in [-0.2, 0) is 0 Å². The molecule has 0 amide bonds. The molecule has 0 atom stereocenters. The first kappa shape index (κ1) is 31.5. The van der Waals surface area contributed by atoms with E-state index in [1.807, 2.05) is 0 Å². The fourth-order valence-electron chi connectivity index (χ4n) is 9.23. The summed E-state index contributed by atoms with van der Waals surface area (Å²) in [5.41, 5.74) is 15.7. The Kier molecular flexibility index (Phi) is 7.18. The van der Waals surface area contributed by atoms with Crippen molar-refractivity contribution in [1.82, 2.24) is 0 Å². The van der Waals surface area contributed by atoms with Gasteiger partial charge in [0.15, 0.2) is 0 Å². The van der Waals surface area contributed by atoms with E-state index in [0.717, 1.165) is 28.4 Å². The highest BCUT2D eigenvalue weighted by atomic mass is 15.2. The molecule has 55 heavy (non-hydrogen) atoms. The molecule has 2 aliphatic heterocycles. The van der Waals surface area contributed by atoms with Crippen molar-refractivity contribution in [3.63, 3.8) is 0 Å². The minimum atomic E-state index is -0.0255. The Morgan fingerprint density at radius 1 is 0.382 bits per heavy atom. The first-order valence-electron chi connectivity index (χ1n) is 19.1. The third kappa shape index (κ3) is 4.85. The highest BCUT2D eigenvalue weighted by molar-refractivity contribution is 7.03. The van der Waals surface area contributed by atoms with Crippen LogP contribution in [-0.4, -0.2) is 6.71 Å². The van der Waals surface area contributed by atoms with Crippen LogP contribution in [0.4, 0.5) is 51.2 Å². The number of nitrogens with zero attached hydrogens (tertiary/aromatic N) is 3. The third-order valence-electron chi connectivity index (χ3n) is 11.4. The minimum absolute atomic E-state index is 0.0255. The molecule has 4 heteroatoms. The summed E-state index contributed by atoms with van der Waals surface area (Å²) in [6.45, 7) is 2.21. The lowest BCUT2D eigenvalue weighted by Crippen LogP contribution is -2.61. The molecule has 258 valence electrons. The smallest absolute Gasteiger partial charge is 0.253 e. The molecular weight excluding hydrogens is 665 g/mol. The van der Waals surface area contributed by atoms with Crippen molar-refractivity contribution in [2.45, 2.75) is 6.92 Å². The topological polar surface area (TPSA) is 9.72 Å². The molecule has 9 aromatic rings. The van der Waals surface area contributed by atoms with Gasteiger partial charge in [0.05, 0.1) is 5.69 Å². The first-order chi connectivity index (χ1) is 27.2. The summed E-state index contributed by atoms with van der Waals surface area (Å²) in [7, 11) is 0. The van der Waals surface area contributed by atoms with Crippen molar-refractivity contribution in [2.24, 2.45) is 0 Å². The van der Waals surface area contributed by atoms with E-state index in [0.29, 0.717) is 0 Å². The highest BCUT2D eigenvalue weighted by Crippen LogP contribution is 2.49. The molecule has 3 nitrogen and oxygen atoms in total. The van der Waals surface area contributed by atoms with Crippen molar-refractivity contribution < 1.29 is 0 Å². The van der Waals surface area contributed by atoms with Crippen LogP contribution in [0.5, 0.6) is 0 Å². The van der Waals surface area contributed by atoms with E-state index in [4.69, 9.17) is 0 Å². The van der Waals surface area contributed by atoms with E-state index >= 15 is 0 Å². The van der Waals surface area contributed by atoms with Gasteiger partial charge in [0, 0.05) is 50.9 Å². The van der Waals surface area contributed by atoms with Crippen molar-refractivity contribution in [2.75, 3.05) is 14.7 Å². The molecule has 0 N–H and O–H groups in total. The van der Waals surface area contributed by atoms with Crippen LogP contribution in [0.15, 0.2) is 200 Å². The molecule has 0 aromatic heterocycles. The molecule has 11 rings (SSSR count). The Labute approximate surface area is 322 Å². The lowest BCUT2D eigenvalue weighted by molar-refractivity contribution is 1.24. The summed E-state index contributed by atoms with van der Waals surface area (Å²) in [4.78, 5) is 7.45. The van der Waals surface area contributed by atoms with Crippen LogP contribution in [0.25, 0.3) is 21.5 Å². The van der Waals surface area contributed by atoms with Crippen LogP contribution in [0.2, 0.25) is 0 Å². The zero-order valence-electron chi connectivity index (χ0n) is 30.5. The number of fused-ring (bicyclic) bond motifs is 8. The van der Waals surface area contributed by atoms with Gasteiger partial charge in [-0.15, -0.1) is 0 Å². The van der Waals surface area contributed by atoms with Crippen molar-refractivity contribution in [3.05, 3.63) is 206 Å². The third-order valence-corrected chi connectivity index (χ3v) is 11.4. The Balaban J connectivity index is 1.31.